The predicted molar refractivity (Wildman–Crippen MR) is 124 cm³/mol. The van der Waals surface area contributed by atoms with E-state index in [0.717, 1.165) is 36.1 Å². The molecule has 0 saturated carbocycles. The molecule has 164 valence electrons. The molecule has 1 aliphatic carbocycles. The molecule has 1 aliphatic rings. The van der Waals surface area contributed by atoms with Crippen LogP contribution < -0.4 is 14.8 Å². The lowest BCUT2D eigenvalue weighted by Gasteiger charge is -2.13. The molecular weight excluding hydrogens is 402 g/mol. The van der Waals surface area contributed by atoms with Gasteiger partial charge in [-0.1, -0.05) is 23.8 Å². The molecule has 6 nitrogen and oxygen atoms in total. The Morgan fingerprint density at radius 2 is 1.78 bits per heavy atom. The van der Waals surface area contributed by atoms with E-state index in [2.05, 4.69) is 21.4 Å². The summed E-state index contributed by atoms with van der Waals surface area (Å²) in [7, 11) is 1.62. The molecule has 1 amide bonds. The minimum Gasteiger partial charge on any atom is -0.497 e. The number of nitrogens with one attached hydrogen (secondary N) is 1. The molecule has 3 aromatic rings. The second kappa shape index (κ2) is 10.6. The van der Waals surface area contributed by atoms with E-state index < -0.39 is 0 Å². The minimum atomic E-state index is -0.0661. The van der Waals surface area contributed by atoms with Crippen molar-refractivity contribution in [3.63, 3.8) is 0 Å². The monoisotopic (exact) mass is 429 g/mol. The van der Waals surface area contributed by atoms with Crippen molar-refractivity contribution in [2.45, 2.75) is 32.1 Å². The number of rotatable bonds is 8. The van der Waals surface area contributed by atoms with Crippen molar-refractivity contribution in [1.29, 1.82) is 0 Å². The van der Waals surface area contributed by atoms with Crippen molar-refractivity contribution in [3.8, 4) is 28.6 Å². The first-order valence-electron chi connectivity index (χ1n) is 10.9. The van der Waals surface area contributed by atoms with Crippen molar-refractivity contribution in [1.82, 2.24) is 15.3 Å². The Labute approximate surface area is 188 Å². The van der Waals surface area contributed by atoms with Gasteiger partial charge in [-0.25, -0.2) is 9.97 Å². The van der Waals surface area contributed by atoms with Crippen LogP contribution in [0.3, 0.4) is 0 Å². The van der Waals surface area contributed by atoms with Crippen molar-refractivity contribution in [3.05, 3.63) is 78.1 Å². The Balaban J connectivity index is 1.36. The third kappa shape index (κ3) is 5.72. The molecular formula is C26H27N3O3. The summed E-state index contributed by atoms with van der Waals surface area (Å²) in [6.07, 6.45) is 11.5. The smallest absolute Gasteiger partial charge is 0.321 e. The number of carbonyl (C=O) groups is 1. The summed E-state index contributed by atoms with van der Waals surface area (Å²) in [4.78, 5) is 21.2. The molecule has 0 aliphatic heterocycles. The first-order chi connectivity index (χ1) is 15.7. The van der Waals surface area contributed by atoms with Crippen LogP contribution >= 0.6 is 0 Å². The summed E-state index contributed by atoms with van der Waals surface area (Å²) >= 11 is 0. The van der Waals surface area contributed by atoms with Gasteiger partial charge < -0.3 is 14.8 Å². The average Bonchev–Trinajstić information content (AvgIpc) is 2.86. The molecule has 0 spiro atoms. The van der Waals surface area contributed by atoms with E-state index in [1.54, 1.807) is 31.6 Å². The lowest BCUT2D eigenvalue weighted by atomic mass is 9.97. The van der Waals surface area contributed by atoms with Gasteiger partial charge in [0.25, 0.3) is 5.91 Å². The molecule has 4 rings (SSSR count). The van der Waals surface area contributed by atoms with Gasteiger partial charge >= 0.3 is 6.01 Å². The summed E-state index contributed by atoms with van der Waals surface area (Å²) < 4.78 is 10.8. The molecule has 2 aromatic carbocycles. The molecule has 1 aromatic heterocycles. The van der Waals surface area contributed by atoms with Gasteiger partial charge in [-0.15, -0.1) is 0 Å². The highest BCUT2D eigenvalue weighted by atomic mass is 16.5. The lowest BCUT2D eigenvalue weighted by Crippen LogP contribution is -2.24. The summed E-state index contributed by atoms with van der Waals surface area (Å²) in [5.74, 6) is 1.31. The summed E-state index contributed by atoms with van der Waals surface area (Å²) in [6, 6.07) is 15.0. The highest BCUT2D eigenvalue weighted by Gasteiger charge is 2.09. The fraction of sp³-hybridized carbons (Fsp3) is 0.269. The van der Waals surface area contributed by atoms with Gasteiger partial charge in [-0.3, -0.25) is 4.79 Å². The van der Waals surface area contributed by atoms with Crippen LogP contribution in [0.2, 0.25) is 0 Å². The van der Waals surface area contributed by atoms with Gasteiger partial charge in [0.15, 0.2) is 0 Å². The summed E-state index contributed by atoms with van der Waals surface area (Å²) in [5, 5.41) is 3.03. The first-order valence-corrected chi connectivity index (χ1v) is 10.9. The molecule has 32 heavy (non-hydrogen) atoms. The molecule has 0 unspecified atom stereocenters. The molecule has 0 saturated heterocycles. The van der Waals surface area contributed by atoms with Crippen LogP contribution in [0.1, 0.15) is 42.5 Å². The predicted octanol–water partition coefficient (Wildman–Crippen LogP) is 5.56. The second-order valence-corrected chi connectivity index (χ2v) is 7.73. The van der Waals surface area contributed by atoms with Crippen LogP contribution in [0, 0.1) is 0 Å². The SMILES string of the molecule is COc1ccc(Oc2ncc(-c3cccc(C(=O)NCCC4=CCCCC4)c3)cn2)cc1. The third-order valence-corrected chi connectivity index (χ3v) is 5.47. The van der Waals surface area contributed by atoms with Gasteiger partial charge in [-0.2, -0.15) is 0 Å². The van der Waals surface area contributed by atoms with Crippen molar-refractivity contribution < 1.29 is 14.3 Å². The third-order valence-electron chi connectivity index (χ3n) is 5.47. The molecule has 0 bridgehead atoms. The maximum Gasteiger partial charge on any atom is 0.321 e. The Bertz CT molecular complexity index is 1080. The first kappa shape index (κ1) is 21.6. The fourth-order valence-electron chi connectivity index (χ4n) is 3.68. The Hall–Kier alpha value is -3.67. The topological polar surface area (TPSA) is 73.3 Å². The fourth-order valence-corrected chi connectivity index (χ4v) is 3.68. The van der Waals surface area contributed by atoms with Crippen LogP contribution in [0.5, 0.6) is 17.5 Å². The van der Waals surface area contributed by atoms with Crippen LogP contribution in [-0.4, -0.2) is 29.5 Å². The quantitative estimate of drug-likeness (QED) is 0.474. The zero-order valence-corrected chi connectivity index (χ0v) is 18.2. The maximum absolute atomic E-state index is 12.6. The molecule has 6 heteroatoms. The van der Waals surface area contributed by atoms with Crippen LogP contribution in [0.4, 0.5) is 0 Å². The van der Waals surface area contributed by atoms with Crippen LogP contribution in [0.15, 0.2) is 72.6 Å². The van der Waals surface area contributed by atoms with Gasteiger partial charge in [0.1, 0.15) is 11.5 Å². The highest BCUT2D eigenvalue weighted by Crippen LogP contribution is 2.24. The van der Waals surface area contributed by atoms with E-state index in [4.69, 9.17) is 9.47 Å². The Morgan fingerprint density at radius 3 is 2.50 bits per heavy atom. The zero-order chi connectivity index (χ0) is 22.2. The van der Waals surface area contributed by atoms with Crippen LogP contribution in [-0.2, 0) is 0 Å². The van der Waals surface area contributed by atoms with Gasteiger partial charge in [0, 0.05) is 30.1 Å². The number of ether oxygens (including phenoxy) is 2. The Morgan fingerprint density at radius 1 is 1.00 bits per heavy atom. The standard InChI is InChI=1S/C26H27N3O3/c1-31-23-10-12-24(13-11-23)32-26-28-17-22(18-29-26)20-8-5-9-21(16-20)25(30)27-15-14-19-6-3-2-4-7-19/h5-6,8-13,16-18H,2-4,7,14-15H2,1H3,(H,27,30). The van der Waals surface area contributed by atoms with Crippen LogP contribution in [0.25, 0.3) is 11.1 Å². The number of hydrogen-bond donors (Lipinski definition) is 1. The largest absolute Gasteiger partial charge is 0.497 e. The number of nitrogens with zero attached hydrogens (tertiary/aromatic N) is 2. The molecule has 1 heterocycles. The van der Waals surface area contributed by atoms with E-state index >= 15 is 0 Å². The molecule has 0 radical (unpaired) electrons. The number of amides is 1. The Kier molecular flexibility index (Phi) is 7.12. The summed E-state index contributed by atoms with van der Waals surface area (Å²) in [5.41, 5.74) is 3.77. The average molecular weight is 430 g/mol. The van der Waals surface area contributed by atoms with E-state index in [9.17, 15) is 4.79 Å². The molecule has 0 fully saturated rings. The number of carbonyl (C=O) groups excluding carboxylic acids is 1. The van der Waals surface area contributed by atoms with E-state index in [1.807, 2.05) is 36.4 Å². The maximum atomic E-state index is 12.6. The van der Waals surface area contributed by atoms with E-state index in [1.165, 1.54) is 18.4 Å². The number of benzene rings is 2. The van der Waals surface area contributed by atoms with Gasteiger partial charge in [-0.05, 0) is 74.1 Å². The zero-order valence-electron chi connectivity index (χ0n) is 18.2. The minimum absolute atomic E-state index is 0.0661. The molecule has 1 N–H and O–H groups in total. The van der Waals surface area contributed by atoms with Gasteiger partial charge in [0.2, 0.25) is 0 Å². The number of methoxy groups -OCH3 is 1. The number of hydrogen-bond acceptors (Lipinski definition) is 5. The van der Waals surface area contributed by atoms with Crippen molar-refractivity contribution in [2.24, 2.45) is 0 Å². The van der Waals surface area contributed by atoms with Gasteiger partial charge in [0.05, 0.1) is 7.11 Å². The lowest BCUT2D eigenvalue weighted by molar-refractivity contribution is 0.0954. The second-order valence-electron chi connectivity index (χ2n) is 7.73. The number of aromatic nitrogens is 2. The van der Waals surface area contributed by atoms with Crippen molar-refractivity contribution >= 4 is 5.91 Å². The molecule has 0 atom stereocenters. The van der Waals surface area contributed by atoms with Crippen molar-refractivity contribution in [2.75, 3.05) is 13.7 Å². The highest BCUT2D eigenvalue weighted by molar-refractivity contribution is 5.95. The van der Waals surface area contributed by atoms with E-state index in [0.29, 0.717) is 17.9 Å². The summed E-state index contributed by atoms with van der Waals surface area (Å²) in [6.45, 7) is 0.662. The number of allylic oxidation sites excluding steroid dienone is 1. The normalized spacial score (nSPS) is 13.2. The van der Waals surface area contributed by atoms with E-state index in [-0.39, 0.29) is 11.9 Å².